The minimum Gasteiger partial charge on any atom is -0.361 e. The zero-order valence-electron chi connectivity index (χ0n) is 11.9. The van der Waals surface area contributed by atoms with Crippen molar-refractivity contribution in [2.75, 3.05) is 7.05 Å². The van der Waals surface area contributed by atoms with Crippen molar-refractivity contribution >= 4 is 11.3 Å². The highest BCUT2D eigenvalue weighted by molar-refractivity contribution is 7.10. The third-order valence-corrected chi connectivity index (χ3v) is 4.32. The van der Waals surface area contributed by atoms with Crippen LogP contribution in [0, 0.1) is 13.8 Å². The van der Waals surface area contributed by atoms with Crippen LogP contribution in [0.2, 0.25) is 0 Å². The molecule has 0 spiro atoms. The zero-order valence-corrected chi connectivity index (χ0v) is 12.7. The van der Waals surface area contributed by atoms with Crippen LogP contribution in [0.1, 0.15) is 34.9 Å². The van der Waals surface area contributed by atoms with E-state index >= 15 is 0 Å². The molecule has 0 aliphatic heterocycles. The second-order valence-corrected chi connectivity index (χ2v) is 6.06. The van der Waals surface area contributed by atoms with Crippen molar-refractivity contribution < 1.29 is 4.52 Å². The standard InChI is InChI=1S/C14H21N3OS/c1-9-5-6-19-14(9)13(11(3)15)17(4)8-12-7-10(2)18-16-12/h5-7,11,13H,8,15H2,1-4H3. The predicted octanol–water partition coefficient (Wildman–Crippen LogP) is 2.87. The quantitative estimate of drug-likeness (QED) is 0.914. The van der Waals surface area contributed by atoms with Gasteiger partial charge < -0.3 is 10.3 Å². The van der Waals surface area contributed by atoms with E-state index in [2.05, 4.69) is 35.5 Å². The maximum Gasteiger partial charge on any atom is 0.133 e. The molecule has 2 rings (SSSR count). The average molecular weight is 279 g/mol. The second-order valence-electron chi connectivity index (χ2n) is 5.12. The molecule has 104 valence electrons. The van der Waals surface area contributed by atoms with Crippen LogP contribution in [0.3, 0.4) is 0 Å². The summed E-state index contributed by atoms with van der Waals surface area (Å²) in [6.07, 6.45) is 0. The second kappa shape index (κ2) is 5.86. The van der Waals surface area contributed by atoms with E-state index in [1.807, 2.05) is 19.9 Å². The molecule has 4 nitrogen and oxygen atoms in total. The van der Waals surface area contributed by atoms with E-state index in [4.69, 9.17) is 10.3 Å². The van der Waals surface area contributed by atoms with Crippen molar-refractivity contribution in [1.82, 2.24) is 10.1 Å². The Morgan fingerprint density at radius 3 is 2.68 bits per heavy atom. The van der Waals surface area contributed by atoms with Crippen molar-refractivity contribution in [3.8, 4) is 0 Å². The van der Waals surface area contributed by atoms with Gasteiger partial charge in [0.05, 0.1) is 11.7 Å². The van der Waals surface area contributed by atoms with Gasteiger partial charge in [-0.15, -0.1) is 11.3 Å². The van der Waals surface area contributed by atoms with Gasteiger partial charge in [0.15, 0.2) is 0 Å². The molecular formula is C14H21N3OS. The maximum atomic E-state index is 6.18. The lowest BCUT2D eigenvalue weighted by Gasteiger charge is -2.30. The molecule has 0 fully saturated rings. The van der Waals surface area contributed by atoms with Crippen LogP contribution in [-0.4, -0.2) is 23.1 Å². The molecule has 2 N–H and O–H groups in total. The first-order valence-electron chi connectivity index (χ1n) is 6.41. The van der Waals surface area contributed by atoms with Crippen molar-refractivity contribution in [3.05, 3.63) is 39.4 Å². The number of nitrogens with two attached hydrogens (primary N) is 1. The van der Waals surface area contributed by atoms with Gasteiger partial charge in [-0.3, -0.25) is 4.90 Å². The molecule has 0 amide bonds. The van der Waals surface area contributed by atoms with Crippen LogP contribution in [0.25, 0.3) is 0 Å². The van der Waals surface area contributed by atoms with E-state index in [0.29, 0.717) is 0 Å². The average Bonchev–Trinajstić information content (AvgIpc) is 2.89. The molecular weight excluding hydrogens is 258 g/mol. The Balaban J connectivity index is 2.18. The molecule has 2 heterocycles. The number of thiophene rings is 1. The molecule has 0 aromatic carbocycles. The summed E-state index contributed by atoms with van der Waals surface area (Å²) in [6, 6.07) is 4.38. The lowest BCUT2D eigenvalue weighted by atomic mass is 10.0. The highest BCUT2D eigenvalue weighted by Crippen LogP contribution is 2.30. The Hall–Kier alpha value is -1.17. The Labute approximate surface area is 118 Å². The normalized spacial score (nSPS) is 14.8. The van der Waals surface area contributed by atoms with E-state index in [0.717, 1.165) is 18.0 Å². The fourth-order valence-corrected chi connectivity index (χ4v) is 3.58. The van der Waals surface area contributed by atoms with Crippen molar-refractivity contribution in [1.29, 1.82) is 0 Å². The molecule has 2 atom stereocenters. The van der Waals surface area contributed by atoms with E-state index in [-0.39, 0.29) is 12.1 Å². The highest BCUT2D eigenvalue weighted by atomic mass is 32.1. The first-order chi connectivity index (χ1) is 8.99. The smallest absolute Gasteiger partial charge is 0.133 e. The van der Waals surface area contributed by atoms with Gasteiger partial charge in [0.2, 0.25) is 0 Å². The Kier molecular flexibility index (Phi) is 4.39. The fraction of sp³-hybridized carbons (Fsp3) is 0.500. The largest absolute Gasteiger partial charge is 0.361 e. The number of aryl methyl sites for hydroxylation is 2. The van der Waals surface area contributed by atoms with Crippen LogP contribution in [0.4, 0.5) is 0 Å². The van der Waals surface area contributed by atoms with Gasteiger partial charge in [-0.25, -0.2) is 0 Å². The fourth-order valence-electron chi connectivity index (χ4n) is 2.37. The van der Waals surface area contributed by atoms with Crippen LogP contribution >= 0.6 is 11.3 Å². The van der Waals surface area contributed by atoms with Gasteiger partial charge in [0.25, 0.3) is 0 Å². The first kappa shape index (κ1) is 14.2. The van der Waals surface area contributed by atoms with Crippen molar-refractivity contribution in [2.24, 2.45) is 5.73 Å². The molecule has 2 aromatic rings. The van der Waals surface area contributed by atoms with Crippen LogP contribution < -0.4 is 5.73 Å². The van der Waals surface area contributed by atoms with Crippen LogP contribution in [0.15, 0.2) is 22.0 Å². The highest BCUT2D eigenvalue weighted by Gasteiger charge is 2.24. The van der Waals surface area contributed by atoms with Crippen LogP contribution in [0.5, 0.6) is 0 Å². The molecule has 0 aliphatic rings. The summed E-state index contributed by atoms with van der Waals surface area (Å²) in [5.41, 5.74) is 8.42. The lowest BCUT2D eigenvalue weighted by molar-refractivity contribution is 0.207. The third kappa shape index (κ3) is 3.23. The summed E-state index contributed by atoms with van der Waals surface area (Å²) in [4.78, 5) is 3.57. The van der Waals surface area contributed by atoms with Gasteiger partial charge in [0.1, 0.15) is 5.76 Å². The van der Waals surface area contributed by atoms with Crippen LogP contribution in [-0.2, 0) is 6.54 Å². The molecule has 2 aromatic heterocycles. The number of nitrogens with zero attached hydrogens (tertiary/aromatic N) is 2. The molecule has 0 aliphatic carbocycles. The Bertz CT molecular complexity index is 532. The predicted molar refractivity (Wildman–Crippen MR) is 78.2 cm³/mol. The van der Waals surface area contributed by atoms with Gasteiger partial charge in [0, 0.05) is 23.5 Å². The minimum atomic E-state index is 0.0651. The first-order valence-corrected chi connectivity index (χ1v) is 7.29. The van der Waals surface area contributed by atoms with E-state index in [1.165, 1.54) is 10.4 Å². The van der Waals surface area contributed by atoms with E-state index in [1.54, 1.807) is 11.3 Å². The zero-order chi connectivity index (χ0) is 14.0. The molecule has 0 radical (unpaired) electrons. The monoisotopic (exact) mass is 279 g/mol. The van der Waals surface area contributed by atoms with Gasteiger partial charge in [-0.05, 0) is 44.8 Å². The Morgan fingerprint density at radius 2 is 2.21 bits per heavy atom. The number of hydrogen-bond acceptors (Lipinski definition) is 5. The summed E-state index contributed by atoms with van der Waals surface area (Å²) in [5, 5.41) is 6.17. The number of likely N-dealkylation sites (N-methyl/N-ethyl adjacent to an activating group) is 1. The molecule has 19 heavy (non-hydrogen) atoms. The van der Waals surface area contributed by atoms with Gasteiger partial charge in [-0.1, -0.05) is 5.16 Å². The number of hydrogen-bond donors (Lipinski definition) is 1. The van der Waals surface area contributed by atoms with E-state index in [9.17, 15) is 0 Å². The summed E-state index contributed by atoms with van der Waals surface area (Å²) in [5.74, 6) is 0.841. The van der Waals surface area contributed by atoms with Crippen molar-refractivity contribution in [2.45, 2.75) is 39.4 Å². The molecule has 0 saturated carbocycles. The SMILES string of the molecule is Cc1cc(CN(C)C(c2sccc2C)C(C)N)no1. The minimum absolute atomic E-state index is 0.0651. The van der Waals surface area contributed by atoms with Gasteiger partial charge >= 0.3 is 0 Å². The molecule has 0 saturated heterocycles. The van der Waals surface area contributed by atoms with Crippen molar-refractivity contribution in [3.63, 3.8) is 0 Å². The van der Waals surface area contributed by atoms with Gasteiger partial charge in [-0.2, -0.15) is 0 Å². The summed E-state index contributed by atoms with van der Waals surface area (Å²) in [7, 11) is 2.08. The summed E-state index contributed by atoms with van der Waals surface area (Å²) in [6.45, 7) is 6.83. The van der Waals surface area contributed by atoms with E-state index < -0.39 is 0 Å². The number of rotatable bonds is 5. The summed E-state index contributed by atoms with van der Waals surface area (Å²) >= 11 is 1.76. The topological polar surface area (TPSA) is 55.3 Å². The Morgan fingerprint density at radius 1 is 1.47 bits per heavy atom. The number of aromatic nitrogens is 1. The molecule has 5 heteroatoms. The maximum absolute atomic E-state index is 6.18. The molecule has 2 unspecified atom stereocenters. The lowest BCUT2D eigenvalue weighted by Crippen LogP contribution is -2.36. The third-order valence-electron chi connectivity index (χ3n) is 3.23. The summed E-state index contributed by atoms with van der Waals surface area (Å²) < 4.78 is 5.11. The molecule has 0 bridgehead atoms.